The molecule has 0 saturated heterocycles. The van der Waals surface area contributed by atoms with Gasteiger partial charge in [-0.1, -0.05) is 46.9 Å². The molecular formula is C13H10Cl3N3. The lowest BCUT2D eigenvalue weighted by molar-refractivity contribution is 1.22. The zero-order valence-electron chi connectivity index (χ0n) is 9.99. The molecule has 0 bridgehead atoms. The highest BCUT2D eigenvalue weighted by molar-refractivity contribution is 6.36. The first kappa shape index (κ1) is 14.1. The van der Waals surface area contributed by atoms with Crippen LogP contribution >= 0.6 is 34.8 Å². The molecule has 0 atom stereocenters. The summed E-state index contributed by atoms with van der Waals surface area (Å²) in [6.45, 7) is 1.88. The fourth-order valence-corrected chi connectivity index (χ4v) is 1.94. The lowest BCUT2D eigenvalue weighted by Gasteiger charge is -2.05. The second-order valence-corrected chi connectivity index (χ2v) is 5.08. The van der Waals surface area contributed by atoms with Crippen molar-refractivity contribution in [1.82, 2.24) is 4.98 Å². The summed E-state index contributed by atoms with van der Waals surface area (Å²) in [5.74, 6) is 0.458. The molecule has 2 aromatic rings. The molecule has 0 aliphatic rings. The van der Waals surface area contributed by atoms with Crippen LogP contribution in [0.2, 0.25) is 15.1 Å². The van der Waals surface area contributed by atoms with E-state index in [1.807, 2.05) is 31.2 Å². The predicted molar refractivity (Wildman–Crippen MR) is 81.5 cm³/mol. The van der Waals surface area contributed by atoms with Crippen LogP contribution in [-0.2, 0) is 0 Å². The molecule has 0 amide bonds. The third-order valence-electron chi connectivity index (χ3n) is 2.40. The van der Waals surface area contributed by atoms with Crippen LogP contribution in [0.3, 0.4) is 0 Å². The van der Waals surface area contributed by atoms with E-state index in [2.05, 4.69) is 15.5 Å². The molecule has 98 valence electrons. The molecule has 1 heterocycles. The van der Waals surface area contributed by atoms with Crippen molar-refractivity contribution in [2.24, 2.45) is 5.10 Å². The van der Waals surface area contributed by atoms with Crippen molar-refractivity contribution in [2.75, 3.05) is 5.43 Å². The highest BCUT2D eigenvalue weighted by Gasteiger charge is 2.02. The molecule has 0 fully saturated rings. The van der Waals surface area contributed by atoms with E-state index in [1.54, 1.807) is 6.07 Å². The Hall–Kier alpha value is -1.29. The van der Waals surface area contributed by atoms with Gasteiger partial charge in [-0.3, -0.25) is 5.43 Å². The number of pyridine rings is 1. The van der Waals surface area contributed by atoms with Gasteiger partial charge in [0.2, 0.25) is 0 Å². The van der Waals surface area contributed by atoms with Gasteiger partial charge in [-0.05, 0) is 30.7 Å². The van der Waals surface area contributed by atoms with Crippen LogP contribution in [0.1, 0.15) is 12.5 Å². The molecule has 0 aliphatic heterocycles. The summed E-state index contributed by atoms with van der Waals surface area (Å²) in [6, 6.07) is 9.00. The van der Waals surface area contributed by atoms with Crippen LogP contribution in [0.15, 0.2) is 41.6 Å². The summed E-state index contributed by atoms with van der Waals surface area (Å²) >= 11 is 17.6. The summed E-state index contributed by atoms with van der Waals surface area (Å²) in [5.41, 5.74) is 4.56. The van der Waals surface area contributed by atoms with E-state index in [0.29, 0.717) is 20.9 Å². The number of rotatable bonds is 3. The van der Waals surface area contributed by atoms with Gasteiger partial charge >= 0.3 is 0 Å². The topological polar surface area (TPSA) is 37.3 Å². The number of benzene rings is 1. The lowest BCUT2D eigenvalue weighted by Crippen LogP contribution is -2.01. The van der Waals surface area contributed by atoms with E-state index in [0.717, 1.165) is 11.3 Å². The molecule has 1 aromatic carbocycles. The Morgan fingerprint density at radius 3 is 2.42 bits per heavy atom. The maximum atomic E-state index is 5.98. The van der Waals surface area contributed by atoms with Crippen LogP contribution < -0.4 is 5.43 Å². The monoisotopic (exact) mass is 313 g/mol. The number of halogens is 3. The standard InChI is InChI=1S/C13H10Cl3N3/c1-8(9-2-4-10(14)5-3-9)18-19-13-12(16)6-11(15)7-17-13/h2-7H,1H3,(H,17,19)/b18-8+. The van der Waals surface area contributed by atoms with Crippen molar-refractivity contribution in [3.63, 3.8) is 0 Å². The van der Waals surface area contributed by atoms with Crippen molar-refractivity contribution in [3.05, 3.63) is 57.2 Å². The first-order valence-electron chi connectivity index (χ1n) is 5.43. The number of aromatic nitrogens is 1. The summed E-state index contributed by atoms with van der Waals surface area (Å²) in [7, 11) is 0. The van der Waals surface area contributed by atoms with Gasteiger partial charge in [-0.25, -0.2) is 4.98 Å². The van der Waals surface area contributed by atoms with Crippen LogP contribution in [0.4, 0.5) is 5.82 Å². The normalized spacial score (nSPS) is 11.5. The number of hydrogen-bond donors (Lipinski definition) is 1. The molecule has 0 spiro atoms. The molecule has 6 heteroatoms. The van der Waals surface area contributed by atoms with E-state index in [-0.39, 0.29) is 0 Å². The van der Waals surface area contributed by atoms with Gasteiger partial charge in [0.1, 0.15) is 0 Å². The maximum absolute atomic E-state index is 5.98. The van der Waals surface area contributed by atoms with Gasteiger partial charge < -0.3 is 0 Å². The number of hydrazone groups is 1. The fourth-order valence-electron chi connectivity index (χ4n) is 1.39. The minimum atomic E-state index is 0.417. The van der Waals surface area contributed by atoms with Gasteiger partial charge in [0.15, 0.2) is 5.82 Å². The largest absolute Gasteiger partial charge is 0.260 e. The van der Waals surface area contributed by atoms with Crippen molar-refractivity contribution in [1.29, 1.82) is 0 Å². The van der Waals surface area contributed by atoms with Crippen LogP contribution in [0.5, 0.6) is 0 Å². The van der Waals surface area contributed by atoms with Crippen LogP contribution in [-0.4, -0.2) is 10.7 Å². The first-order valence-corrected chi connectivity index (χ1v) is 6.57. The highest BCUT2D eigenvalue weighted by atomic mass is 35.5. The Kier molecular flexibility index (Phi) is 4.64. The van der Waals surface area contributed by atoms with E-state index in [1.165, 1.54) is 6.20 Å². The molecule has 0 radical (unpaired) electrons. The molecule has 3 nitrogen and oxygen atoms in total. The molecule has 19 heavy (non-hydrogen) atoms. The van der Waals surface area contributed by atoms with Gasteiger partial charge in [-0.15, -0.1) is 0 Å². The molecule has 2 rings (SSSR count). The summed E-state index contributed by atoms with van der Waals surface area (Å²) in [4.78, 5) is 4.05. The zero-order chi connectivity index (χ0) is 13.8. The average molecular weight is 315 g/mol. The van der Waals surface area contributed by atoms with Crippen molar-refractivity contribution in [3.8, 4) is 0 Å². The van der Waals surface area contributed by atoms with E-state index in [9.17, 15) is 0 Å². The maximum Gasteiger partial charge on any atom is 0.165 e. The van der Waals surface area contributed by atoms with Crippen molar-refractivity contribution >= 4 is 46.3 Å². The minimum absolute atomic E-state index is 0.417. The molecule has 0 aliphatic carbocycles. The quantitative estimate of drug-likeness (QED) is 0.647. The van der Waals surface area contributed by atoms with Crippen molar-refractivity contribution in [2.45, 2.75) is 6.92 Å². The average Bonchev–Trinajstić information content (AvgIpc) is 2.38. The third-order valence-corrected chi connectivity index (χ3v) is 3.15. The Labute approximate surface area is 126 Å². The number of nitrogens with one attached hydrogen (secondary N) is 1. The Balaban J connectivity index is 2.15. The Morgan fingerprint density at radius 1 is 1.11 bits per heavy atom. The Morgan fingerprint density at radius 2 is 1.79 bits per heavy atom. The minimum Gasteiger partial charge on any atom is -0.260 e. The van der Waals surface area contributed by atoms with Crippen molar-refractivity contribution < 1.29 is 0 Å². The molecule has 1 aromatic heterocycles. The fraction of sp³-hybridized carbons (Fsp3) is 0.0769. The number of anilines is 1. The molecule has 0 unspecified atom stereocenters. The van der Waals surface area contributed by atoms with Crippen LogP contribution in [0, 0.1) is 0 Å². The van der Waals surface area contributed by atoms with Gasteiger partial charge in [-0.2, -0.15) is 5.10 Å². The lowest BCUT2D eigenvalue weighted by atomic mass is 10.1. The number of hydrogen-bond acceptors (Lipinski definition) is 3. The van der Waals surface area contributed by atoms with Gasteiger partial charge in [0.25, 0.3) is 0 Å². The summed E-state index contributed by atoms with van der Waals surface area (Å²) in [5, 5.41) is 5.80. The van der Waals surface area contributed by atoms with E-state index in [4.69, 9.17) is 34.8 Å². The smallest absolute Gasteiger partial charge is 0.165 e. The SMILES string of the molecule is C/C(=N\Nc1ncc(Cl)cc1Cl)c1ccc(Cl)cc1. The van der Waals surface area contributed by atoms with Gasteiger partial charge in [0, 0.05) is 11.2 Å². The van der Waals surface area contributed by atoms with E-state index >= 15 is 0 Å². The summed E-state index contributed by atoms with van der Waals surface area (Å²) < 4.78 is 0. The van der Waals surface area contributed by atoms with Gasteiger partial charge in [0.05, 0.1) is 15.8 Å². The second kappa shape index (κ2) is 6.24. The Bertz CT molecular complexity index is 609. The van der Waals surface area contributed by atoms with E-state index < -0.39 is 0 Å². The predicted octanol–water partition coefficient (Wildman–Crippen LogP) is 4.88. The molecule has 0 saturated carbocycles. The number of nitrogens with zero attached hydrogens (tertiary/aromatic N) is 2. The molecular weight excluding hydrogens is 305 g/mol. The molecule has 1 N–H and O–H groups in total. The first-order chi connectivity index (χ1) is 9.06. The third kappa shape index (κ3) is 3.83. The summed E-state index contributed by atoms with van der Waals surface area (Å²) in [6.07, 6.45) is 1.50. The van der Waals surface area contributed by atoms with Crippen LogP contribution in [0.25, 0.3) is 0 Å². The second-order valence-electron chi connectivity index (χ2n) is 3.80. The zero-order valence-corrected chi connectivity index (χ0v) is 12.3. The highest BCUT2D eigenvalue weighted by Crippen LogP contribution is 2.22.